The van der Waals surface area contributed by atoms with Gasteiger partial charge in [-0.25, -0.2) is 0 Å². The first-order chi connectivity index (χ1) is 20.0. The number of unbranched alkanes of at least 4 members (excludes halogenated alkanes) is 7. The number of ketones is 1. The minimum Gasteiger partial charge on any atom is -0.481 e. The third-order valence-electron chi connectivity index (χ3n) is 5.95. The topological polar surface area (TPSA) is 203 Å². The molecule has 0 bridgehead atoms. The number of hydrogen-bond donors (Lipinski definition) is 5. The van der Waals surface area contributed by atoms with Gasteiger partial charge in [-0.1, -0.05) is 45.4 Å². The first-order valence-electron chi connectivity index (χ1n) is 14.6. The number of thioether (sulfide) groups is 1. The molecule has 0 aromatic heterocycles. The molecule has 0 aliphatic heterocycles. The van der Waals surface area contributed by atoms with Gasteiger partial charge >= 0.3 is 5.97 Å². The Morgan fingerprint density at radius 3 is 2.05 bits per heavy atom. The number of nitrogens with two attached hydrogens (primary N) is 1. The van der Waals surface area contributed by atoms with Crippen molar-refractivity contribution in [2.75, 3.05) is 51.0 Å². The normalized spacial score (nSPS) is 12.2. The molecular weight excluding hydrogens is 568 g/mol. The fourth-order valence-corrected chi connectivity index (χ4v) is 4.58. The molecule has 2 atom stereocenters. The van der Waals surface area contributed by atoms with Crippen LogP contribution in [0.2, 0.25) is 0 Å². The molecule has 0 heterocycles. The molecule has 1 unspecified atom stereocenters. The largest absolute Gasteiger partial charge is 0.481 e. The van der Waals surface area contributed by atoms with E-state index in [0.29, 0.717) is 18.1 Å². The number of rotatable bonds is 28. The zero-order valence-electron chi connectivity index (χ0n) is 25.1. The third kappa shape index (κ3) is 25.0. The molecule has 4 amide bonds. The van der Waals surface area contributed by atoms with Crippen LogP contribution >= 0.6 is 11.8 Å². The Hall–Kier alpha value is -2.71. The van der Waals surface area contributed by atoms with Gasteiger partial charge in [0.15, 0.2) is 0 Å². The summed E-state index contributed by atoms with van der Waals surface area (Å²) in [5.41, 5.74) is 5.22. The molecule has 42 heavy (non-hydrogen) atoms. The van der Waals surface area contributed by atoms with E-state index in [-0.39, 0.29) is 57.5 Å². The van der Waals surface area contributed by atoms with Gasteiger partial charge < -0.3 is 36.3 Å². The summed E-state index contributed by atoms with van der Waals surface area (Å²) >= 11 is 1.32. The molecule has 0 rings (SSSR count). The Balaban J connectivity index is 3.85. The number of Topliss-reactive ketones (excluding diaryl/α,β-unsaturated/α-hetero) is 1. The lowest BCUT2D eigenvalue weighted by Gasteiger charge is -2.19. The van der Waals surface area contributed by atoms with Crippen molar-refractivity contribution in [1.29, 1.82) is 0 Å². The van der Waals surface area contributed by atoms with Gasteiger partial charge in [0.2, 0.25) is 23.6 Å². The monoisotopic (exact) mass is 618 g/mol. The van der Waals surface area contributed by atoms with E-state index in [2.05, 4.69) is 16.0 Å². The van der Waals surface area contributed by atoms with Gasteiger partial charge in [0.1, 0.15) is 18.4 Å². The predicted molar refractivity (Wildman–Crippen MR) is 160 cm³/mol. The van der Waals surface area contributed by atoms with Crippen LogP contribution in [-0.2, 0) is 38.2 Å². The van der Waals surface area contributed by atoms with Crippen LogP contribution < -0.4 is 21.7 Å². The molecule has 14 heteroatoms. The molecule has 0 aromatic rings. The molecular formula is C28H50N4O9S. The minimum atomic E-state index is -1.11. The zero-order chi connectivity index (χ0) is 31.6. The van der Waals surface area contributed by atoms with Crippen LogP contribution in [0.4, 0.5) is 0 Å². The number of carbonyl (C=O) groups is 6. The maximum Gasteiger partial charge on any atom is 0.303 e. The smallest absolute Gasteiger partial charge is 0.303 e. The number of aliphatic carboxylic acids is 1. The number of carboxylic acids is 1. The van der Waals surface area contributed by atoms with Crippen molar-refractivity contribution in [3.05, 3.63) is 0 Å². The van der Waals surface area contributed by atoms with Gasteiger partial charge in [-0.05, 0) is 19.8 Å². The molecule has 13 nitrogen and oxygen atoms in total. The third-order valence-corrected chi connectivity index (χ3v) is 7.30. The number of hydrogen-bond acceptors (Lipinski definition) is 9. The summed E-state index contributed by atoms with van der Waals surface area (Å²) in [6, 6.07) is -1.11. The molecule has 0 saturated heterocycles. The highest BCUT2D eigenvalue weighted by Crippen LogP contribution is 2.10. The fraction of sp³-hybridized carbons (Fsp3) is 0.786. The fourth-order valence-electron chi connectivity index (χ4n) is 3.67. The van der Waals surface area contributed by atoms with Gasteiger partial charge in [-0.2, -0.15) is 11.8 Å². The molecule has 6 N–H and O–H groups in total. The van der Waals surface area contributed by atoms with Crippen LogP contribution in [0, 0.1) is 5.92 Å². The predicted octanol–water partition coefficient (Wildman–Crippen LogP) is 1.17. The molecule has 0 aliphatic rings. The summed E-state index contributed by atoms with van der Waals surface area (Å²) in [5, 5.41) is 16.5. The summed E-state index contributed by atoms with van der Waals surface area (Å²) in [4.78, 5) is 69.5. The average Bonchev–Trinajstić information content (AvgIpc) is 2.91. The Labute approximate surface area is 253 Å². The summed E-state index contributed by atoms with van der Waals surface area (Å²) in [7, 11) is 0. The van der Waals surface area contributed by atoms with Gasteiger partial charge in [-0.15, -0.1) is 0 Å². The van der Waals surface area contributed by atoms with Crippen molar-refractivity contribution in [3.63, 3.8) is 0 Å². The SMILES string of the molecule is CC(=O)CSC[C@H](C)C(=O)NC(CC(N)=O)C(=O)NCCOCCOCC(=O)NCCCCCCCCCCC(=O)O. The molecule has 0 saturated carbocycles. The molecule has 0 spiro atoms. The Morgan fingerprint density at radius 1 is 0.810 bits per heavy atom. The van der Waals surface area contributed by atoms with E-state index < -0.39 is 35.7 Å². The number of amides is 4. The standard InChI is InChI=1S/C28H50N4O9S/c1-21(19-42-20-22(2)33)27(38)32-23(17-24(29)34)28(39)31-13-14-40-15-16-41-18-25(35)30-12-10-8-6-4-3-5-7-9-11-26(36)37/h21,23H,3-20H2,1-2H3,(H2,29,34)(H,30,35)(H,31,39)(H,32,38)(H,36,37)/t21-,23?/m0/s1. The van der Waals surface area contributed by atoms with Gasteiger partial charge in [0.05, 0.1) is 32.0 Å². The second-order valence-electron chi connectivity index (χ2n) is 10.1. The maximum atomic E-state index is 12.5. The lowest BCUT2D eigenvalue weighted by Crippen LogP contribution is -2.50. The van der Waals surface area contributed by atoms with Crippen LogP contribution in [0.25, 0.3) is 0 Å². The molecule has 242 valence electrons. The Bertz CT molecular complexity index is 829. The second-order valence-corrected chi connectivity index (χ2v) is 11.2. The Kier molecular flexibility index (Phi) is 24.3. The lowest BCUT2D eigenvalue weighted by molar-refractivity contribution is -0.137. The van der Waals surface area contributed by atoms with Crippen molar-refractivity contribution in [1.82, 2.24) is 16.0 Å². The quantitative estimate of drug-likeness (QED) is 0.0792. The molecule has 0 aromatic carbocycles. The van der Waals surface area contributed by atoms with Crippen LogP contribution in [0.3, 0.4) is 0 Å². The summed E-state index contributed by atoms with van der Waals surface area (Å²) in [6.45, 7) is 4.37. The second kappa shape index (κ2) is 26.0. The summed E-state index contributed by atoms with van der Waals surface area (Å²) in [5.74, 6) is -2.41. The van der Waals surface area contributed by atoms with Crippen molar-refractivity contribution in [2.45, 2.75) is 84.1 Å². The van der Waals surface area contributed by atoms with Gasteiger partial charge in [0, 0.05) is 31.2 Å². The highest BCUT2D eigenvalue weighted by Gasteiger charge is 2.25. The number of primary amides is 1. The van der Waals surface area contributed by atoms with E-state index in [1.54, 1.807) is 6.92 Å². The highest BCUT2D eigenvalue weighted by molar-refractivity contribution is 7.99. The van der Waals surface area contributed by atoms with E-state index in [1.165, 1.54) is 18.7 Å². The maximum absolute atomic E-state index is 12.5. The zero-order valence-corrected chi connectivity index (χ0v) is 25.9. The average molecular weight is 619 g/mol. The van der Waals surface area contributed by atoms with Gasteiger partial charge in [-0.3, -0.25) is 28.8 Å². The number of carboxylic acid groups (broad SMARTS) is 1. The van der Waals surface area contributed by atoms with Crippen LogP contribution in [0.15, 0.2) is 0 Å². The minimum absolute atomic E-state index is 0.00647. The first kappa shape index (κ1) is 39.3. The van der Waals surface area contributed by atoms with Crippen LogP contribution in [0.5, 0.6) is 0 Å². The highest BCUT2D eigenvalue weighted by atomic mass is 32.2. The van der Waals surface area contributed by atoms with E-state index in [9.17, 15) is 28.8 Å². The number of carbonyl (C=O) groups excluding carboxylic acids is 5. The number of ether oxygens (including phenoxy) is 2. The molecule has 0 radical (unpaired) electrons. The van der Waals surface area contributed by atoms with E-state index in [0.717, 1.165) is 51.4 Å². The lowest BCUT2D eigenvalue weighted by atomic mass is 10.1. The van der Waals surface area contributed by atoms with Crippen LogP contribution in [0.1, 0.15) is 78.1 Å². The van der Waals surface area contributed by atoms with E-state index in [1.807, 2.05) is 0 Å². The summed E-state index contributed by atoms with van der Waals surface area (Å²) < 4.78 is 10.7. The van der Waals surface area contributed by atoms with Crippen molar-refractivity contribution in [2.24, 2.45) is 11.7 Å². The van der Waals surface area contributed by atoms with Crippen LogP contribution in [-0.4, -0.2) is 97.6 Å². The summed E-state index contributed by atoms with van der Waals surface area (Å²) in [6.07, 6.45) is 7.86. The van der Waals surface area contributed by atoms with Crippen molar-refractivity contribution in [3.8, 4) is 0 Å². The van der Waals surface area contributed by atoms with Gasteiger partial charge in [0.25, 0.3) is 0 Å². The Morgan fingerprint density at radius 2 is 1.43 bits per heavy atom. The number of nitrogens with one attached hydrogen (secondary N) is 3. The molecule has 0 fully saturated rings. The van der Waals surface area contributed by atoms with E-state index >= 15 is 0 Å². The van der Waals surface area contributed by atoms with Crippen molar-refractivity contribution >= 4 is 47.1 Å². The van der Waals surface area contributed by atoms with E-state index in [4.69, 9.17) is 20.3 Å². The van der Waals surface area contributed by atoms with Crippen molar-refractivity contribution < 1.29 is 43.3 Å². The molecule has 0 aliphatic carbocycles. The first-order valence-corrected chi connectivity index (χ1v) is 15.8.